The van der Waals surface area contributed by atoms with Gasteiger partial charge in [0, 0.05) is 37.6 Å². The molecule has 3 fully saturated rings. The van der Waals surface area contributed by atoms with Gasteiger partial charge < -0.3 is 15.5 Å². The number of benzene rings is 1. The Bertz CT molecular complexity index is 618. The molecule has 4 nitrogen and oxygen atoms in total. The number of hydrogen-bond acceptors (Lipinski definition) is 3. The average molecular weight is 435 g/mol. The van der Waals surface area contributed by atoms with Crippen LogP contribution in [0.3, 0.4) is 0 Å². The molecule has 4 rings (SSSR count). The lowest BCUT2D eigenvalue weighted by atomic mass is 9.89. The highest BCUT2D eigenvalue weighted by Crippen LogP contribution is 2.33. The number of fused-ring (bicyclic) bond motifs is 2. The second-order valence-electron chi connectivity index (χ2n) is 7.98. The van der Waals surface area contributed by atoms with E-state index in [9.17, 15) is 4.79 Å². The van der Waals surface area contributed by atoms with Crippen molar-refractivity contribution in [2.45, 2.75) is 63.1 Å². The molecule has 1 aromatic rings. The number of carbonyl (C=O) groups excluding carboxylic acids is 1. The summed E-state index contributed by atoms with van der Waals surface area (Å²) >= 11 is 6.34. The predicted molar refractivity (Wildman–Crippen MR) is 117 cm³/mol. The van der Waals surface area contributed by atoms with Gasteiger partial charge in [0.15, 0.2) is 0 Å². The van der Waals surface area contributed by atoms with E-state index >= 15 is 0 Å². The number of halogens is 3. The summed E-state index contributed by atoms with van der Waals surface area (Å²) in [5.41, 5.74) is 1.08. The summed E-state index contributed by atoms with van der Waals surface area (Å²) in [5, 5.41) is 7.74. The number of piperidine rings is 2. The minimum atomic E-state index is 0. The average Bonchev–Trinajstić information content (AvgIpc) is 2.94. The van der Waals surface area contributed by atoms with Crippen molar-refractivity contribution in [3.63, 3.8) is 0 Å². The number of anilines is 1. The van der Waals surface area contributed by atoms with Crippen molar-refractivity contribution in [3.05, 3.63) is 29.3 Å². The second kappa shape index (κ2) is 10.2. The van der Waals surface area contributed by atoms with Crippen LogP contribution < -0.4 is 15.5 Å². The molecule has 0 saturated carbocycles. The zero-order chi connectivity index (χ0) is 17.2. The molecule has 0 spiro atoms. The summed E-state index contributed by atoms with van der Waals surface area (Å²) in [7, 11) is 0. The first-order chi connectivity index (χ1) is 12.2. The molecule has 0 aromatic heterocycles. The maximum Gasteiger partial charge on any atom is 0.220 e. The molecule has 3 atom stereocenters. The smallest absolute Gasteiger partial charge is 0.220 e. The Balaban J connectivity index is 0.00000131. The van der Waals surface area contributed by atoms with Crippen molar-refractivity contribution in [1.29, 1.82) is 0 Å². The minimum absolute atomic E-state index is 0. The lowest BCUT2D eigenvalue weighted by Gasteiger charge is -2.35. The zero-order valence-corrected chi connectivity index (χ0v) is 17.9. The van der Waals surface area contributed by atoms with Gasteiger partial charge in [0.2, 0.25) is 5.91 Å². The van der Waals surface area contributed by atoms with Gasteiger partial charge in [-0.3, -0.25) is 4.79 Å². The summed E-state index contributed by atoms with van der Waals surface area (Å²) in [6, 6.07) is 9.53. The van der Waals surface area contributed by atoms with Crippen LogP contribution in [0.15, 0.2) is 24.3 Å². The van der Waals surface area contributed by atoms with E-state index in [1.807, 2.05) is 18.2 Å². The van der Waals surface area contributed by atoms with Crippen molar-refractivity contribution in [1.82, 2.24) is 10.6 Å². The third-order valence-corrected chi connectivity index (χ3v) is 6.34. The van der Waals surface area contributed by atoms with Crippen LogP contribution >= 0.6 is 36.4 Å². The van der Waals surface area contributed by atoms with Gasteiger partial charge >= 0.3 is 0 Å². The number of amides is 1. The molecule has 3 heterocycles. The molecule has 0 aliphatic carbocycles. The highest BCUT2D eigenvalue weighted by atomic mass is 35.5. The van der Waals surface area contributed by atoms with E-state index in [0.717, 1.165) is 36.6 Å². The van der Waals surface area contributed by atoms with Crippen LogP contribution in [0, 0.1) is 5.92 Å². The van der Waals surface area contributed by atoms with E-state index in [4.69, 9.17) is 11.6 Å². The first-order valence-corrected chi connectivity index (χ1v) is 10.1. The molecule has 2 N–H and O–H groups in total. The van der Waals surface area contributed by atoms with Crippen LogP contribution in [0.4, 0.5) is 5.69 Å². The molecule has 3 unspecified atom stereocenters. The Hall–Kier alpha value is -0.680. The van der Waals surface area contributed by atoms with Crippen LogP contribution in [0.1, 0.15) is 44.9 Å². The van der Waals surface area contributed by atoms with Crippen molar-refractivity contribution < 1.29 is 4.79 Å². The van der Waals surface area contributed by atoms with E-state index < -0.39 is 0 Å². The molecular formula is C20H30Cl3N3O. The third kappa shape index (κ3) is 5.66. The van der Waals surface area contributed by atoms with Crippen molar-refractivity contribution >= 4 is 48.0 Å². The Labute approximate surface area is 179 Å². The fourth-order valence-electron chi connectivity index (χ4n) is 4.91. The molecule has 27 heavy (non-hydrogen) atoms. The zero-order valence-electron chi connectivity index (χ0n) is 15.5. The lowest BCUT2D eigenvalue weighted by Crippen LogP contribution is -2.48. The SMILES string of the molecule is Cl.Cl.O=C(CC1CC2CCC(C1)N2)NC1CCCN(c2ccccc2Cl)C1. The Kier molecular flexibility index (Phi) is 8.54. The highest BCUT2D eigenvalue weighted by Gasteiger charge is 2.34. The molecule has 152 valence electrons. The quantitative estimate of drug-likeness (QED) is 0.747. The monoisotopic (exact) mass is 433 g/mol. The molecule has 3 aliphatic heterocycles. The summed E-state index contributed by atoms with van der Waals surface area (Å²) < 4.78 is 0. The Morgan fingerprint density at radius 1 is 1.15 bits per heavy atom. The number of para-hydroxylation sites is 1. The van der Waals surface area contributed by atoms with E-state index in [0.29, 0.717) is 24.4 Å². The highest BCUT2D eigenvalue weighted by molar-refractivity contribution is 6.33. The summed E-state index contributed by atoms with van der Waals surface area (Å²) in [6.45, 7) is 1.86. The van der Waals surface area contributed by atoms with E-state index in [1.165, 1.54) is 25.7 Å². The molecule has 1 amide bonds. The molecule has 3 aliphatic rings. The predicted octanol–water partition coefficient (Wildman–Crippen LogP) is 4.19. The number of nitrogens with zero attached hydrogens (tertiary/aromatic N) is 1. The first-order valence-electron chi connectivity index (χ1n) is 9.72. The summed E-state index contributed by atoms with van der Waals surface area (Å²) in [5.74, 6) is 0.791. The van der Waals surface area contributed by atoms with Gasteiger partial charge in [-0.15, -0.1) is 24.8 Å². The lowest BCUT2D eigenvalue weighted by molar-refractivity contribution is -0.123. The van der Waals surface area contributed by atoms with Gasteiger partial charge in [0.25, 0.3) is 0 Å². The van der Waals surface area contributed by atoms with Gasteiger partial charge in [-0.1, -0.05) is 23.7 Å². The molecule has 1 aromatic carbocycles. The van der Waals surface area contributed by atoms with Gasteiger partial charge in [-0.25, -0.2) is 0 Å². The molecule has 0 radical (unpaired) electrons. The van der Waals surface area contributed by atoms with Crippen molar-refractivity contribution in [2.75, 3.05) is 18.0 Å². The van der Waals surface area contributed by atoms with Gasteiger partial charge in [-0.2, -0.15) is 0 Å². The molecule has 2 bridgehead atoms. The van der Waals surface area contributed by atoms with Crippen molar-refractivity contribution in [2.24, 2.45) is 5.92 Å². The summed E-state index contributed by atoms with van der Waals surface area (Å²) in [6.07, 6.45) is 7.76. The van der Waals surface area contributed by atoms with Crippen LogP contribution in [0.2, 0.25) is 5.02 Å². The maximum absolute atomic E-state index is 12.5. The topological polar surface area (TPSA) is 44.4 Å². The summed E-state index contributed by atoms with van der Waals surface area (Å²) in [4.78, 5) is 14.9. The van der Waals surface area contributed by atoms with E-state index in [-0.39, 0.29) is 36.8 Å². The molecule has 7 heteroatoms. The van der Waals surface area contributed by atoms with Crippen LogP contribution in [0.25, 0.3) is 0 Å². The maximum atomic E-state index is 12.5. The normalized spacial score (nSPS) is 29.4. The standard InChI is InChI=1S/C20H28ClN3O.2ClH/c21-18-5-1-2-6-19(18)24-9-3-4-17(13-24)23-20(25)12-14-10-15-7-8-16(11-14)22-15;;/h1-2,5-6,14-17,22H,3-4,7-13H2,(H,23,25);2*1H. The fourth-order valence-corrected chi connectivity index (χ4v) is 5.17. The number of nitrogens with one attached hydrogen (secondary N) is 2. The van der Waals surface area contributed by atoms with Crippen LogP contribution in [0.5, 0.6) is 0 Å². The van der Waals surface area contributed by atoms with Gasteiger partial charge in [0.05, 0.1) is 10.7 Å². The molecular weight excluding hydrogens is 405 g/mol. The Morgan fingerprint density at radius 3 is 2.56 bits per heavy atom. The second-order valence-corrected chi connectivity index (χ2v) is 8.39. The van der Waals surface area contributed by atoms with Crippen LogP contribution in [-0.2, 0) is 4.79 Å². The van der Waals surface area contributed by atoms with E-state index in [1.54, 1.807) is 0 Å². The third-order valence-electron chi connectivity index (χ3n) is 6.02. The molecule has 3 saturated heterocycles. The Morgan fingerprint density at radius 2 is 1.85 bits per heavy atom. The van der Waals surface area contributed by atoms with Crippen molar-refractivity contribution in [3.8, 4) is 0 Å². The minimum Gasteiger partial charge on any atom is -0.368 e. The fraction of sp³-hybridized carbons (Fsp3) is 0.650. The van der Waals surface area contributed by atoms with E-state index in [2.05, 4.69) is 21.6 Å². The number of carbonyl (C=O) groups is 1. The van der Waals surface area contributed by atoms with Gasteiger partial charge in [0.1, 0.15) is 0 Å². The number of rotatable bonds is 4. The largest absolute Gasteiger partial charge is 0.368 e. The van der Waals surface area contributed by atoms with Gasteiger partial charge in [-0.05, 0) is 56.6 Å². The number of hydrogen-bond donors (Lipinski definition) is 2. The first kappa shape index (κ1) is 22.6. The van der Waals surface area contributed by atoms with Crippen LogP contribution in [-0.4, -0.2) is 37.1 Å².